The van der Waals surface area contributed by atoms with Gasteiger partial charge in [0.25, 0.3) is 0 Å². The molecular weight excluding hydrogens is 246 g/mol. The molecule has 1 aromatic rings. The second-order valence-electron chi connectivity index (χ2n) is 4.59. The van der Waals surface area contributed by atoms with Gasteiger partial charge >= 0.3 is 0 Å². The van der Waals surface area contributed by atoms with Gasteiger partial charge in [-0.15, -0.1) is 0 Å². The molecule has 5 heteroatoms. The van der Waals surface area contributed by atoms with Crippen LogP contribution in [0.5, 0.6) is 11.5 Å². The fourth-order valence-corrected chi connectivity index (χ4v) is 2.27. The summed E-state index contributed by atoms with van der Waals surface area (Å²) >= 11 is 0. The Morgan fingerprint density at radius 1 is 1.42 bits per heavy atom. The monoisotopic (exact) mass is 267 g/mol. The first-order chi connectivity index (χ1) is 9.24. The molecule has 1 aliphatic rings. The Morgan fingerprint density at radius 3 is 2.89 bits per heavy atom. The van der Waals surface area contributed by atoms with E-state index in [2.05, 4.69) is 5.32 Å². The molecule has 1 aliphatic heterocycles. The van der Waals surface area contributed by atoms with E-state index in [-0.39, 0.29) is 6.04 Å². The highest BCUT2D eigenvalue weighted by molar-refractivity contribution is 5.41. The zero-order valence-corrected chi connectivity index (χ0v) is 11.4. The predicted molar refractivity (Wildman–Crippen MR) is 71.7 cm³/mol. The lowest BCUT2D eigenvalue weighted by Gasteiger charge is -2.26. The SMILES string of the molecule is COc1ccc(OC)c(C(O)CC2COCCN2)c1. The van der Waals surface area contributed by atoms with Crippen LogP contribution in [0.15, 0.2) is 18.2 Å². The molecule has 1 heterocycles. The average molecular weight is 267 g/mol. The minimum atomic E-state index is -0.607. The van der Waals surface area contributed by atoms with Gasteiger partial charge in [-0.2, -0.15) is 0 Å². The van der Waals surface area contributed by atoms with E-state index in [1.165, 1.54) is 0 Å². The minimum Gasteiger partial charge on any atom is -0.497 e. The number of nitrogens with one attached hydrogen (secondary N) is 1. The zero-order chi connectivity index (χ0) is 13.7. The topological polar surface area (TPSA) is 60.0 Å². The van der Waals surface area contributed by atoms with E-state index in [0.717, 1.165) is 18.7 Å². The minimum absolute atomic E-state index is 0.166. The second-order valence-corrected chi connectivity index (χ2v) is 4.59. The average Bonchev–Trinajstić information content (AvgIpc) is 2.47. The van der Waals surface area contributed by atoms with Crippen molar-refractivity contribution in [2.24, 2.45) is 0 Å². The van der Waals surface area contributed by atoms with Crippen LogP contribution in [0.25, 0.3) is 0 Å². The van der Waals surface area contributed by atoms with Gasteiger partial charge in [0.05, 0.1) is 33.5 Å². The molecule has 0 spiro atoms. The summed E-state index contributed by atoms with van der Waals surface area (Å²) in [6, 6.07) is 5.60. The summed E-state index contributed by atoms with van der Waals surface area (Å²) in [5.74, 6) is 1.38. The summed E-state index contributed by atoms with van der Waals surface area (Å²) in [5.41, 5.74) is 0.745. The first-order valence-corrected chi connectivity index (χ1v) is 6.45. The summed E-state index contributed by atoms with van der Waals surface area (Å²) < 4.78 is 15.9. The standard InChI is InChI=1S/C14H21NO4/c1-17-11-3-4-14(18-2)12(8-11)13(16)7-10-9-19-6-5-15-10/h3-4,8,10,13,15-16H,5-7,9H2,1-2H3. The highest BCUT2D eigenvalue weighted by Gasteiger charge is 2.21. The van der Waals surface area contributed by atoms with Crippen LogP contribution in [0.3, 0.4) is 0 Å². The number of rotatable bonds is 5. The summed E-state index contributed by atoms with van der Waals surface area (Å²) in [5, 5.41) is 13.7. The van der Waals surface area contributed by atoms with E-state index in [9.17, 15) is 5.11 Å². The smallest absolute Gasteiger partial charge is 0.124 e. The first kappa shape index (κ1) is 14.1. The quantitative estimate of drug-likeness (QED) is 0.837. The number of methoxy groups -OCH3 is 2. The molecule has 0 aromatic heterocycles. The van der Waals surface area contributed by atoms with Crippen LogP contribution in [0.1, 0.15) is 18.1 Å². The van der Waals surface area contributed by atoms with Crippen LogP contribution >= 0.6 is 0 Å². The Hall–Kier alpha value is -1.30. The first-order valence-electron chi connectivity index (χ1n) is 6.45. The highest BCUT2D eigenvalue weighted by Crippen LogP contribution is 2.31. The van der Waals surface area contributed by atoms with Gasteiger partial charge in [-0.05, 0) is 24.6 Å². The number of hydrogen-bond acceptors (Lipinski definition) is 5. The molecule has 0 aliphatic carbocycles. The van der Waals surface area contributed by atoms with Crippen molar-refractivity contribution in [2.45, 2.75) is 18.6 Å². The summed E-state index contributed by atoms with van der Waals surface area (Å²) in [7, 11) is 3.20. The van der Waals surface area contributed by atoms with Crippen LogP contribution in [-0.4, -0.2) is 45.1 Å². The summed E-state index contributed by atoms with van der Waals surface area (Å²) in [6.45, 7) is 2.19. The maximum atomic E-state index is 10.4. The third kappa shape index (κ3) is 3.59. The molecule has 0 radical (unpaired) electrons. The fraction of sp³-hybridized carbons (Fsp3) is 0.571. The lowest BCUT2D eigenvalue weighted by molar-refractivity contribution is 0.0513. The van der Waals surface area contributed by atoms with Crippen molar-refractivity contribution in [1.29, 1.82) is 0 Å². The number of hydrogen-bond donors (Lipinski definition) is 2. The van der Waals surface area contributed by atoms with Crippen molar-refractivity contribution in [1.82, 2.24) is 5.32 Å². The Bertz CT molecular complexity index is 404. The van der Waals surface area contributed by atoms with Crippen LogP contribution in [0.2, 0.25) is 0 Å². The Balaban J connectivity index is 2.09. The van der Waals surface area contributed by atoms with E-state index in [0.29, 0.717) is 24.5 Å². The largest absolute Gasteiger partial charge is 0.497 e. The second kappa shape index (κ2) is 6.75. The molecule has 106 valence electrons. The molecule has 0 amide bonds. The number of aliphatic hydroxyl groups is 1. The van der Waals surface area contributed by atoms with Gasteiger partial charge in [-0.3, -0.25) is 0 Å². The van der Waals surface area contributed by atoms with E-state index in [1.54, 1.807) is 14.2 Å². The molecule has 1 aromatic carbocycles. The maximum Gasteiger partial charge on any atom is 0.124 e. The highest BCUT2D eigenvalue weighted by atomic mass is 16.5. The van der Waals surface area contributed by atoms with Gasteiger partial charge in [0.1, 0.15) is 11.5 Å². The van der Waals surface area contributed by atoms with Crippen molar-refractivity contribution in [3.63, 3.8) is 0 Å². The van der Waals surface area contributed by atoms with E-state index >= 15 is 0 Å². The van der Waals surface area contributed by atoms with Gasteiger partial charge in [-0.25, -0.2) is 0 Å². The third-order valence-electron chi connectivity index (χ3n) is 3.30. The molecule has 1 saturated heterocycles. The van der Waals surface area contributed by atoms with Crippen molar-refractivity contribution in [2.75, 3.05) is 34.0 Å². The fourth-order valence-electron chi connectivity index (χ4n) is 2.27. The molecule has 2 atom stereocenters. The van der Waals surface area contributed by atoms with Gasteiger partial charge < -0.3 is 24.6 Å². The molecule has 2 rings (SSSR count). The van der Waals surface area contributed by atoms with Crippen LogP contribution in [-0.2, 0) is 4.74 Å². The van der Waals surface area contributed by atoms with Gasteiger partial charge in [0.15, 0.2) is 0 Å². The lowest BCUT2D eigenvalue weighted by atomic mass is 10.0. The van der Waals surface area contributed by atoms with Crippen LogP contribution in [0.4, 0.5) is 0 Å². The third-order valence-corrected chi connectivity index (χ3v) is 3.30. The molecule has 0 saturated carbocycles. The maximum absolute atomic E-state index is 10.4. The van der Waals surface area contributed by atoms with Crippen LogP contribution in [0, 0.1) is 0 Å². The lowest BCUT2D eigenvalue weighted by Crippen LogP contribution is -2.42. The van der Waals surface area contributed by atoms with Gasteiger partial charge in [0, 0.05) is 18.2 Å². The van der Waals surface area contributed by atoms with Crippen molar-refractivity contribution >= 4 is 0 Å². The Kier molecular flexibility index (Phi) is 5.01. The van der Waals surface area contributed by atoms with Gasteiger partial charge in [0.2, 0.25) is 0 Å². The molecule has 2 N–H and O–H groups in total. The van der Waals surface area contributed by atoms with E-state index < -0.39 is 6.10 Å². The Labute approximate surface area is 113 Å². The molecule has 2 unspecified atom stereocenters. The molecular formula is C14H21NO4. The van der Waals surface area contributed by atoms with E-state index in [1.807, 2.05) is 18.2 Å². The zero-order valence-electron chi connectivity index (χ0n) is 11.4. The van der Waals surface area contributed by atoms with Gasteiger partial charge in [-0.1, -0.05) is 0 Å². The predicted octanol–water partition coefficient (Wildman–Crippen LogP) is 1.12. The number of morpholine rings is 1. The summed E-state index contributed by atoms with van der Waals surface area (Å²) in [4.78, 5) is 0. The normalized spacial score (nSPS) is 20.9. The number of ether oxygens (including phenoxy) is 3. The Morgan fingerprint density at radius 2 is 2.26 bits per heavy atom. The van der Waals surface area contributed by atoms with Crippen molar-refractivity contribution in [3.8, 4) is 11.5 Å². The number of aliphatic hydroxyl groups excluding tert-OH is 1. The molecule has 19 heavy (non-hydrogen) atoms. The van der Waals surface area contributed by atoms with Crippen LogP contribution < -0.4 is 14.8 Å². The molecule has 5 nitrogen and oxygen atoms in total. The van der Waals surface area contributed by atoms with E-state index in [4.69, 9.17) is 14.2 Å². The summed E-state index contributed by atoms with van der Waals surface area (Å²) in [6.07, 6.45) is -0.0203. The van der Waals surface area contributed by atoms with Crippen molar-refractivity contribution < 1.29 is 19.3 Å². The molecule has 0 bridgehead atoms. The number of benzene rings is 1. The molecule has 1 fully saturated rings. The van der Waals surface area contributed by atoms with Crippen molar-refractivity contribution in [3.05, 3.63) is 23.8 Å².